The Hall–Kier alpha value is -4.11. The van der Waals surface area contributed by atoms with Crippen molar-refractivity contribution in [1.82, 2.24) is 20.4 Å². The third-order valence-electron chi connectivity index (χ3n) is 5.52. The highest BCUT2D eigenvalue weighted by molar-refractivity contribution is 7.99. The van der Waals surface area contributed by atoms with Crippen LogP contribution in [0.3, 0.4) is 0 Å². The fourth-order valence-corrected chi connectivity index (χ4v) is 4.74. The predicted octanol–water partition coefficient (Wildman–Crippen LogP) is 4.09. The maximum atomic E-state index is 13.0. The van der Waals surface area contributed by atoms with Gasteiger partial charge in [0.1, 0.15) is 0 Å². The van der Waals surface area contributed by atoms with E-state index < -0.39 is 17.1 Å². The van der Waals surface area contributed by atoms with Gasteiger partial charge in [0, 0.05) is 24.3 Å². The highest BCUT2D eigenvalue weighted by atomic mass is 32.2. The molecule has 2 amide bonds. The summed E-state index contributed by atoms with van der Waals surface area (Å²) in [6.07, 6.45) is -0.147. The summed E-state index contributed by atoms with van der Waals surface area (Å²) in [7, 11) is 0. The summed E-state index contributed by atoms with van der Waals surface area (Å²) in [5.74, 6) is -1.32. The lowest BCUT2D eigenvalue weighted by Crippen LogP contribution is -2.33. The number of carboxylic acids is 1. The molecule has 0 aliphatic heterocycles. The number of rotatable bonds is 10. The maximum absolute atomic E-state index is 13.0. The van der Waals surface area contributed by atoms with E-state index in [-0.39, 0.29) is 30.4 Å². The third-order valence-corrected chi connectivity index (χ3v) is 6.64. The van der Waals surface area contributed by atoms with E-state index in [1.54, 1.807) is 10.7 Å². The number of benzene rings is 3. The summed E-state index contributed by atoms with van der Waals surface area (Å²) in [5, 5.41) is 21.0. The molecular formula is C27H26N4O4S. The SMILES string of the molecule is CC(=O)NCS[C@H](CNC(=O)c1cc(-c2ccc3ccccc3c2)n(-c2ccccc2)n1)CC(=O)O. The smallest absolute Gasteiger partial charge is 0.304 e. The van der Waals surface area contributed by atoms with Crippen molar-refractivity contribution in [3.63, 3.8) is 0 Å². The fourth-order valence-electron chi connectivity index (χ4n) is 3.76. The van der Waals surface area contributed by atoms with E-state index in [0.717, 1.165) is 27.7 Å². The molecule has 3 N–H and O–H groups in total. The second-order valence-corrected chi connectivity index (χ2v) is 9.49. The van der Waals surface area contributed by atoms with Gasteiger partial charge in [-0.3, -0.25) is 14.4 Å². The number of para-hydroxylation sites is 1. The van der Waals surface area contributed by atoms with Crippen LogP contribution in [0.2, 0.25) is 0 Å². The van der Waals surface area contributed by atoms with E-state index in [9.17, 15) is 19.5 Å². The van der Waals surface area contributed by atoms with Crippen LogP contribution in [0.15, 0.2) is 78.9 Å². The van der Waals surface area contributed by atoms with Crippen molar-refractivity contribution in [2.45, 2.75) is 18.6 Å². The quantitative estimate of drug-likeness (QED) is 0.282. The van der Waals surface area contributed by atoms with Crippen LogP contribution in [0.5, 0.6) is 0 Å². The Morgan fingerprint density at radius 2 is 1.67 bits per heavy atom. The largest absolute Gasteiger partial charge is 0.481 e. The van der Waals surface area contributed by atoms with Crippen LogP contribution >= 0.6 is 11.8 Å². The maximum Gasteiger partial charge on any atom is 0.304 e. The average Bonchev–Trinajstić information content (AvgIpc) is 3.32. The topological polar surface area (TPSA) is 113 Å². The van der Waals surface area contributed by atoms with Crippen LogP contribution in [0.4, 0.5) is 0 Å². The van der Waals surface area contributed by atoms with Crippen LogP contribution in [0.25, 0.3) is 27.7 Å². The summed E-state index contributed by atoms with van der Waals surface area (Å²) in [5.41, 5.74) is 2.72. The molecule has 1 aromatic heterocycles. The van der Waals surface area contributed by atoms with Gasteiger partial charge in [-0.25, -0.2) is 4.68 Å². The first-order chi connectivity index (χ1) is 17.4. The molecule has 4 rings (SSSR count). The Balaban J connectivity index is 1.59. The Morgan fingerprint density at radius 3 is 2.39 bits per heavy atom. The summed E-state index contributed by atoms with van der Waals surface area (Å²) in [6, 6.07) is 25.5. The lowest BCUT2D eigenvalue weighted by molar-refractivity contribution is -0.137. The van der Waals surface area contributed by atoms with E-state index in [1.807, 2.05) is 66.7 Å². The van der Waals surface area contributed by atoms with E-state index in [4.69, 9.17) is 0 Å². The first-order valence-corrected chi connectivity index (χ1v) is 12.5. The zero-order valence-corrected chi connectivity index (χ0v) is 20.5. The van der Waals surface area contributed by atoms with E-state index in [2.05, 4.69) is 21.8 Å². The Labute approximate surface area is 212 Å². The Kier molecular flexibility index (Phi) is 8.02. The lowest BCUT2D eigenvalue weighted by Gasteiger charge is -2.15. The molecule has 9 heteroatoms. The van der Waals surface area contributed by atoms with Crippen LogP contribution in [-0.4, -0.2) is 50.3 Å². The number of aromatic nitrogens is 2. The number of hydrogen-bond acceptors (Lipinski definition) is 5. The second kappa shape index (κ2) is 11.5. The molecule has 0 saturated carbocycles. The van der Waals surface area contributed by atoms with Gasteiger partial charge in [-0.1, -0.05) is 54.6 Å². The molecule has 0 radical (unpaired) electrons. The third kappa shape index (κ3) is 6.31. The molecule has 8 nitrogen and oxygen atoms in total. The van der Waals surface area contributed by atoms with Gasteiger partial charge in [-0.05, 0) is 35.0 Å². The van der Waals surface area contributed by atoms with Gasteiger partial charge >= 0.3 is 5.97 Å². The van der Waals surface area contributed by atoms with E-state index in [0.29, 0.717) is 0 Å². The van der Waals surface area contributed by atoms with Crippen molar-refractivity contribution in [2.75, 3.05) is 12.4 Å². The number of thioether (sulfide) groups is 1. The van der Waals surface area contributed by atoms with Gasteiger partial charge in [0.05, 0.1) is 23.7 Å². The van der Waals surface area contributed by atoms with Gasteiger partial charge in [-0.15, -0.1) is 11.8 Å². The highest BCUT2D eigenvalue weighted by Crippen LogP contribution is 2.27. The van der Waals surface area contributed by atoms with Gasteiger partial charge in [0.2, 0.25) is 5.91 Å². The fraction of sp³-hybridized carbons (Fsp3) is 0.185. The van der Waals surface area contributed by atoms with Crippen LogP contribution < -0.4 is 10.6 Å². The number of hydrogen-bond donors (Lipinski definition) is 3. The molecule has 0 bridgehead atoms. The van der Waals surface area contributed by atoms with E-state index >= 15 is 0 Å². The normalized spacial score (nSPS) is 11.7. The molecule has 0 saturated heterocycles. The Bertz CT molecular complexity index is 1390. The van der Waals surface area contributed by atoms with Crippen molar-refractivity contribution in [2.24, 2.45) is 0 Å². The number of carbonyl (C=O) groups excluding carboxylic acids is 2. The lowest BCUT2D eigenvalue weighted by atomic mass is 10.0. The number of carboxylic acid groups (broad SMARTS) is 1. The van der Waals surface area contributed by atoms with Crippen LogP contribution in [0, 0.1) is 0 Å². The number of carbonyl (C=O) groups is 3. The molecule has 0 spiro atoms. The number of nitrogens with one attached hydrogen (secondary N) is 2. The molecule has 1 heterocycles. The molecule has 4 aromatic rings. The van der Waals surface area contributed by atoms with Crippen LogP contribution in [-0.2, 0) is 9.59 Å². The summed E-state index contributed by atoms with van der Waals surface area (Å²) < 4.78 is 1.74. The first kappa shape index (κ1) is 25.0. The summed E-state index contributed by atoms with van der Waals surface area (Å²) in [6.45, 7) is 1.52. The van der Waals surface area contributed by atoms with E-state index in [1.165, 1.54) is 18.7 Å². The monoisotopic (exact) mass is 502 g/mol. The summed E-state index contributed by atoms with van der Waals surface area (Å²) >= 11 is 1.27. The molecule has 1 atom stereocenters. The minimum atomic E-state index is -0.975. The number of fused-ring (bicyclic) bond motifs is 1. The van der Waals surface area contributed by atoms with Crippen molar-refractivity contribution in [3.05, 3.63) is 84.6 Å². The molecule has 0 aliphatic rings. The number of aliphatic carboxylic acids is 1. The zero-order chi connectivity index (χ0) is 25.5. The Morgan fingerprint density at radius 1 is 0.944 bits per heavy atom. The van der Waals surface area contributed by atoms with Crippen molar-refractivity contribution in [3.8, 4) is 16.9 Å². The van der Waals surface area contributed by atoms with Crippen molar-refractivity contribution >= 4 is 40.3 Å². The average molecular weight is 503 g/mol. The van der Waals surface area contributed by atoms with Crippen molar-refractivity contribution < 1.29 is 19.5 Å². The molecule has 0 unspecified atom stereocenters. The molecule has 0 aliphatic carbocycles. The molecule has 36 heavy (non-hydrogen) atoms. The summed E-state index contributed by atoms with van der Waals surface area (Å²) in [4.78, 5) is 35.4. The zero-order valence-electron chi connectivity index (χ0n) is 19.7. The van der Waals surface area contributed by atoms with Gasteiger partial charge in [-0.2, -0.15) is 5.10 Å². The predicted molar refractivity (Wildman–Crippen MR) is 141 cm³/mol. The standard InChI is InChI=1S/C27H26N4O4S/c1-18(32)29-17-36-23(14-26(33)34)16-28-27(35)24-15-25(31(30-24)22-9-3-2-4-10-22)21-12-11-19-7-5-6-8-20(19)13-21/h2-13,15,23H,14,16-17H2,1H3,(H,28,35)(H,29,32)(H,33,34)/t23-/m0/s1. The second-order valence-electron chi connectivity index (χ2n) is 8.20. The minimum absolute atomic E-state index is 0.124. The molecule has 0 fully saturated rings. The van der Waals surface area contributed by atoms with Crippen molar-refractivity contribution in [1.29, 1.82) is 0 Å². The minimum Gasteiger partial charge on any atom is -0.481 e. The first-order valence-electron chi connectivity index (χ1n) is 11.4. The number of nitrogens with zero attached hydrogens (tertiary/aromatic N) is 2. The molecular weight excluding hydrogens is 476 g/mol. The van der Waals surface area contributed by atoms with Crippen LogP contribution in [0.1, 0.15) is 23.8 Å². The van der Waals surface area contributed by atoms with Gasteiger partial charge in [0.25, 0.3) is 5.91 Å². The highest BCUT2D eigenvalue weighted by Gasteiger charge is 2.20. The molecule has 184 valence electrons. The van der Waals surface area contributed by atoms with Gasteiger partial charge < -0.3 is 15.7 Å². The molecule has 3 aromatic carbocycles. The number of amides is 2. The van der Waals surface area contributed by atoms with Gasteiger partial charge in [0.15, 0.2) is 5.69 Å².